The number of nitrogens with zero attached hydrogens (tertiary/aromatic N) is 2. The standard InChI is InChI=1S/C17H17N3O3S/c1-13-5-3-7-15(9-13)19-17(21)12-20(24(2,22)23)16-8-4-6-14(10-16)11-18/h3-10H,12H2,1-2H3,(H,19,21). The van der Waals surface area contributed by atoms with Gasteiger partial charge in [-0.05, 0) is 42.8 Å². The Bertz CT molecular complexity index is 901. The molecule has 0 aliphatic rings. The number of hydrogen-bond acceptors (Lipinski definition) is 4. The summed E-state index contributed by atoms with van der Waals surface area (Å²) in [6, 6.07) is 15.3. The topological polar surface area (TPSA) is 90.3 Å². The minimum absolute atomic E-state index is 0.274. The number of hydrogen-bond donors (Lipinski definition) is 1. The molecule has 6 nitrogen and oxygen atoms in total. The third kappa shape index (κ3) is 4.57. The van der Waals surface area contributed by atoms with Crippen molar-refractivity contribution in [3.05, 3.63) is 59.7 Å². The third-order valence-electron chi connectivity index (χ3n) is 3.25. The Morgan fingerprint density at radius 3 is 2.54 bits per heavy atom. The molecule has 0 atom stereocenters. The van der Waals surface area contributed by atoms with Crippen LogP contribution in [-0.2, 0) is 14.8 Å². The van der Waals surface area contributed by atoms with E-state index in [4.69, 9.17) is 5.26 Å². The number of anilines is 2. The van der Waals surface area contributed by atoms with Crippen molar-refractivity contribution in [1.82, 2.24) is 0 Å². The van der Waals surface area contributed by atoms with E-state index in [1.165, 1.54) is 6.07 Å². The molecular formula is C17H17N3O3S. The highest BCUT2D eigenvalue weighted by Gasteiger charge is 2.21. The van der Waals surface area contributed by atoms with Crippen molar-refractivity contribution in [1.29, 1.82) is 5.26 Å². The summed E-state index contributed by atoms with van der Waals surface area (Å²) in [7, 11) is -3.68. The smallest absolute Gasteiger partial charge is 0.245 e. The molecule has 0 heterocycles. The van der Waals surface area contributed by atoms with Crippen molar-refractivity contribution in [2.75, 3.05) is 22.4 Å². The van der Waals surface area contributed by atoms with Crippen molar-refractivity contribution in [2.45, 2.75) is 6.92 Å². The molecule has 0 bridgehead atoms. The predicted molar refractivity (Wildman–Crippen MR) is 93.2 cm³/mol. The van der Waals surface area contributed by atoms with Gasteiger partial charge < -0.3 is 5.32 Å². The summed E-state index contributed by atoms with van der Waals surface area (Å²) in [5.41, 5.74) is 2.17. The van der Waals surface area contributed by atoms with E-state index in [9.17, 15) is 13.2 Å². The summed E-state index contributed by atoms with van der Waals surface area (Å²) >= 11 is 0. The van der Waals surface area contributed by atoms with Crippen LogP contribution in [0.25, 0.3) is 0 Å². The number of amides is 1. The Morgan fingerprint density at radius 1 is 1.21 bits per heavy atom. The molecule has 0 saturated carbocycles. The molecule has 0 spiro atoms. The largest absolute Gasteiger partial charge is 0.325 e. The average molecular weight is 343 g/mol. The highest BCUT2D eigenvalue weighted by atomic mass is 32.2. The fourth-order valence-electron chi connectivity index (χ4n) is 2.18. The van der Waals surface area contributed by atoms with E-state index in [-0.39, 0.29) is 12.2 Å². The number of benzene rings is 2. The van der Waals surface area contributed by atoms with Crippen LogP contribution in [0.5, 0.6) is 0 Å². The van der Waals surface area contributed by atoms with Crippen LogP contribution in [-0.4, -0.2) is 27.1 Å². The van der Waals surface area contributed by atoms with Crippen molar-refractivity contribution < 1.29 is 13.2 Å². The molecule has 0 aromatic heterocycles. The number of nitriles is 1. The SMILES string of the molecule is Cc1cccc(NC(=O)CN(c2cccc(C#N)c2)S(C)(=O)=O)c1. The van der Waals surface area contributed by atoms with Gasteiger partial charge in [0.25, 0.3) is 0 Å². The van der Waals surface area contributed by atoms with E-state index < -0.39 is 15.9 Å². The van der Waals surface area contributed by atoms with E-state index in [1.807, 2.05) is 19.1 Å². The van der Waals surface area contributed by atoms with Gasteiger partial charge >= 0.3 is 0 Å². The summed E-state index contributed by atoms with van der Waals surface area (Å²) in [5, 5.41) is 11.6. The first-order valence-corrected chi connectivity index (χ1v) is 8.99. The number of carbonyl (C=O) groups excluding carboxylic acids is 1. The molecule has 0 aliphatic carbocycles. The van der Waals surface area contributed by atoms with Crippen LogP contribution in [0.2, 0.25) is 0 Å². The van der Waals surface area contributed by atoms with Gasteiger partial charge in [0, 0.05) is 5.69 Å². The molecule has 0 radical (unpaired) electrons. The van der Waals surface area contributed by atoms with Crippen LogP contribution in [0.1, 0.15) is 11.1 Å². The fraction of sp³-hybridized carbons (Fsp3) is 0.176. The van der Waals surface area contributed by atoms with Crippen molar-refractivity contribution in [2.24, 2.45) is 0 Å². The molecule has 24 heavy (non-hydrogen) atoms. The Hall–Kier alpha value is -2.85. The average Bonchev–Trinajstić information content (AvgIpc) is 2.51. The highest BCUT2D eigenvalue weighted by Crippen LogP contribution is 2.19. The van der Waals surface area contributed by atoms with Gasteiger partial charge in [-0.25, -0.2) is 8.42 Å². The minimum Gasteiger partial charge on any atom is -0.325 e. The van der Waals surface area contributed by atoms with E-state index in [0.717, 1.165) is 16.1 Å². The molecule has 2 aromatic carbocycles. The van der Waals surface area contributed by atoms with Gasteiger partial charge in [-0.3, -0.25) is 9.10 Å². The minimum atomic E-state index is -3.68. The van der Waals surface area contributed by atoms with Crippen LogP contribution < -0.4 is 9.62 Å². The lowest BCUT2D eigenvalue weighted by atomic mass is 10.2. The number of aryl methyl sites for hydroxylation is 1. The van der Waals surface area contributed by atoms with Gasteiger partial charge in [0.1, 0.15) is 6.54 Å². The van der Waals surface area contributed by atoms with Gasteiger partial charge in [-0.1, -0.05) is 18.2 Å². The summed E-state index contributed by atoms with van der Waals surface area (Å²) in [4.78, 5) is 12.2. The lowest BCUT2D eigenvalue weighted by molar-refractivity contribution is -0.114. The summed E-state index contributed by atoms with van der Waals surface area (Å²) < 4.78 is 25.0. The second kappa shape index (κ2) is 7.15. The maximum atomic E-state index is 12.2. The zero-order valence-electron chi connectivity index (χ0n) is 13.4. The Morgan fingerprint density at radius 2 is 1.92 bits per heavy atom. The number of rotatable bonds is 5. The van der Waals surface area contributed by atoms with Gasteiger partial charge in [-0.2, -0.15) is 5.26 Å². The normalized spacial score (nSPS) is 10.7. The molecular weight excluding hydrogens is 326 g/mol. The van der Waals surface area contributed by atoms with E-state index >= 15 is 0 Å². The van der Waals surface area contributed by atoms with E-state index in [0.29, 0.717) is 11.3 Å². The molecule has 124 valence electrons. The maximum Gasteiger partial charge on any atom is 0.245 e. The molecule has 1 amide bonds. The molecule has 2 rings (SSSR count). The molecule has 0 aliphatic heterocycles. The van der Waals surface area contributed by atoms with Gasteiger partial charge in [0.05, 0.1) is 23.6 Å². The zero-order valence-corrected chi connectivity index (χ0v) is 14.2. The van der Waals surface area contributed by atoms with Crippen LogP contribution in [0, 0.1) is 18.3 Å². The number of sulfonamides is 1. The van der Waals surface area contributed by atoms with Crippen LogP contribution in [0.15, 0.2) is 48.5 Å². The molecule has 7 heteroatoms. The van der Waals surface area contributed by atoms with Gasteiger partial charge in [0.2, 0.25) is 15.9 Å². The third-order valence-corrected chi connectivity index (χ3v) is 4.39. The first-order valence-electron chi connectivity index (χ1n) is 7.14. The summed E-state index contributed by atoms with van der Waals surface area (Å²) in [6.45, 7) is 1.52. The van der Waals surface area contributed by atoms with E-state index in [2.05, 4.69) is 5.32 Å². The predicted octanol–water partition coefficient (Wildman–Crippen LogP) is 2.27. The first kappa shape index (κ1) is 17.5. The van der Waals surface area contributed by atoms with Crippen LogP contribution >= 0.6 is 0 Å². The molecule has 0 fully saturated rings. The van der Waals surface area contributed by atoms with Crippen LogP contribution in [0.3, 0.4) is 0 Å². The summed E-state index contributed by atoms with van der Waals surface area (Å²) in [6.07, 6.45) is 1.02. The van der Waals surface area contributed by atoms with Crippen molar-refractivity contribution in [3.63, 3.8) is 0 Å². The van der Waals surface area contributed by atoms with Crippen molar-refractivity contribution in [3.8, 4) is 6.07 Å². The molecule has 1 N–H and O–H groups in total. The zero-order chi connectivity index (χ0) is 17.7. The lowest BCUT2D eigenvalue weighted by Gasteiger charge is -2.22. The number of nitrogens with one attached hydrogen (secondary N) is 1. The lowest BCUT2D eigenvalue weighted by Crippen LogP contribution is -2.37. The Labute approximate surface area is 141 Å². The monoisotopic (exact) mass is 343 g/mol. The fourth-order valence-corrected chi connectivity index (χ4v) is 3.03. The maximum absolute atomic E-state index is 12.2. The van der Waals surface area contributed by atoms with E-state index in [1.54, 1.807) is 36.4 Å². The molecule has 2 aromatic rings. The quantitative estimate of drug-likeness (QED) is 0.902. The van der Waals surface area contributed by atoms with Crippen LogP contribution in [0.4, 0.5) is 11.4 Å². The Balaban J connectivity index is 2.23. The second-order valence-corrected chi connectivity index (χ2v) is 7.26. The molecule has 0 saturated heterocycles. The second-order valence-electron chi connectivity index (χ2n) is 5.35. The Kier molecular flexibility index (Phi) is 5.21. The van der Waals surface area contributed by atoms with Crippen molar-refractivity contribution >= 4 is 27.3 Å². The number of carbonyl (C=O) groups is 1. The van der Waals surface area contributed by atoms with Gasteiger partial charge in [-0.15, -0.1) is 0 Å². The summed E-state index contributed by atoms with van der Waals surface area (Å²) in [5.74, 6) is -0.464. The first-order chi connectivity index (χ1) is 11.3. The highest BCUT2D eigenvalue weighted by molar-refractivity contribution is 7.92. The van der Waals surface area contributed by atoms with Gasteiger partial charge in [0.15, 0.2) is 0 Å². The molecule has 0 unspecified atom stereocenters.